The molecule has 0 bridgehead atoms. The predicted octanol–water partition coefficient (Wildman–Crippen LogP) is 0.645. The number of carbonyl (C=O) groups is 1. The Bertz CT molecular complexity index is 359. The standard InChI is InChI=1S/C16H32N4O/c1-5-8-18-16(15(17)21,14-6-7-14)11-20-9-12(2)19(4)13(3)10-20/h12-14,18H,5-11H2,1-4H3,(H2,17,21). The van der Waals surface area contributed by atoms with Crippen LogP contribution in [0.25, 0.3) is 0 Å². The van der Waals surface area contributed by atoms with Gasteiger partial charge in [0.1, 0.15) is 5.54 Å². The van der Waals surface area contributed by atoms with Crippen molar-refractivity contribution in [1.29, 1.82) is 0 Å². The summed E-state index contributed by atoms with van der Waals surface area (Å²) in [5.74, 6) is 0.254. The fourth-order valence-corrected chi connectivity index (χ4v) is 3.62. The van der Waals surface area contributed by atoms with Crippen molar-refractivity contribution in [3.05, 3.63) is 0 Å². The normalized spacial score (nSPS) is 31.0. The highest BCUT2D eigenvalue weighted by Crippen LogP contribution is 2.40. The molecule has 3 atom stereocenters. The molecule has 0 aromatic heterocycles. The summed E-state index contributed by atoms with van der Waals surface area (Å²) in [4.78, 5) is 17.1. The van der Waals surface area contributed by atoms with Gasteiger partial charge in [0, 0.05) is 31.7 Å². The molecule has 5 nitrogen and oxygen atoms in total. The Morgan fingerprint density at radius 2 is 1.86 bits per heavy atom. The molecule has 3 unspecified atom stereocenters. The Balaban J connectivity index is 2.09. The van der Waals surface area contributed by atoms with Gasteiger partial charge in [0.15, 0.2) is 0 Å². The molecular formula is C16H32N4O. The van der Waals surface area contributed by atoms with Gasteiger partial charge in [0.25, 0.3) is 0 Å². The Labute approximate surface area is 129 Å². The zero-order chi connectivity index (χ0) is 15.6. The van der Waals surface area contributed by atoms with E-state index < -0.39 is 5.54 Å². The number of nitrogens with one attached hydrogen (secondary N) is 1. The third kappa shape index (κ3) is 3.58. The van der Waals surface area contributed by atoms with E-state index in [2.05, 4.69) is 42.9 Å². The lowest BCUT2D eigenvalue weighted by Gasteiger charge is -2.46. The highest BCUT2D eigenvalue weighted by molar-refractivity contribution is 5.86. The molecule has 1 aliphatic carbocycles. The zero-order valence-corrected chi connectivity index (χ0v) is 14.1. The molecule has 1 saturated heterocycles. The van der Waals surface area contributed by atoms with Gasteiger partial charge in [0.2, 0.25) is 5.91 Å². The SMILES string of the molecule is CCCNC(CN1CC(C)N(C)C(C)C1)(C(N)=O)C1CC1. The topological polar surface area (TPSA) is 61.6 Å². The lowest BCUT2D eigenvalue weighted by molar-refractivity contribution is -0.127. The number of nitrogens with two attached hydrogens (primary N) is 1. The Hall–Kier alpha value is -0.650. The van der Waals surface area contributed by atoms with E-state index in [1.807, 2.05) is 0 Å². The van der Waals surface area contributed by atoms with Crippen molar-refractivity contribution in [3.63, 3.8) is 0 Å². The smallest absolute Gasteiger partial charge is 0.239 e. The number of amides is 1. The molecular weight excluding hydrogens is 264 g/mol. The second kappa shape index (κ2) is 6.63. The molecule has 1 aliphatic heterocycles. The quantitative estimate of drug-likeness (QED) is 0.724. The number of carbonyl (C=O) groups excluding carboxylic acids is 1. The van der Waals surface area contributed by atoms with Crippen molar-refractivity contribution < 1.29 is 4.79 Å². The Morgan fingerprint density at radius 3 is 2.29 bits per heavy atom. The average molecular weight is 296 g/mol. The monoisotopic (exact) mass is 296 g/mol. The Kier molecular flexibility index (Phi) is 5.28. The summed E-state index contributed by atoms with van der Waals surface area (Å²) in [6, 6.07) is 1.04. The first kappa shape index (κ1) is 16.7. The van der Waals surface area contributed by atoms with Gasteiger partial charge >= 0.3 is 0 Å². The van der Waals surface area contributed by atoms with Crippen molar-refractivity contribution in [2.75, 3.05) is 33.2 Å². The van der Waals surface area contributed by atoms with Crippen molar-refractivity contribution in [3.8, 4) is 0 Å². The summed E-state index contributed by atoms with van der Waals surface area (Å²) in [6.07, 6.45) is 3.27. The van der Waals surface area contributed by atoms with Gasteiger partial charge in [-0.3, -0.25) is 14.6 Å². The van der Waals surface area contributed by atoms with Crippen LogP contribution in [0.4, 0.5) is 0 Å². The lowest BCUT2D eigenvalue weighted by Crippen LogP contribution is -2.66. The largest absolute Gasteiger partial charge is 0.368 e. The molecule has 21 heavy (non-hydrogen) atoms. The highest BCUT2D eigenvalue weighted by Gasteiger charge is 2.50. The fraction of sp³-hybridized carbons (Fsp3) is 0.938. The van der Waals surface area contributed by atoms with Crippen LogP contribution in [0.15, 0.2) is 0 Å². The first-order valence-corrected chi connectivity index (χ1v) is 8.40. The van der Waals surface area contributed by atoms with Crippen LogP contribution in [0, 0.1) is 5.92 Å². The molecule has 0 radical (unpaired) electrons. The van der Waals surface area contributed by atoms with E-state index >= 15 is 0 Å². The highest BCUT2D eigenvalue weighted by atomic mass is 16.1. The minimum absolute atomic E-state index is 0.169. The van der Waals surface area contributed by atoms with Gasteiger partial charge in [-0.15, -0.1) is 0 Å². The van der Waals surface area contributed by atoms with Crippen molar-refractivity contribution in [1.82, 2.24) is 15.1 Å². The number of likely N-dealkylation sites (N-methyl/N-ethyl adjacent to an activating group) is 1. The number of nitrogens with zero attached hydrogens (tertiary/aromatic N) is 2. The maximum Gasteiger partial charge on any atom is 0.239 e. The molecule has 0 aromatic rings. The summed E-state index contributed by atoms with van der Waals surface area (Å²) in [7, 11) is 2.18. The molecule has 1 amide bonds. The summed E-state index contributed by atoms with van der Waals surface area (Å²) < 4.78 is 0. The molecule has 122 valence electrons. The lowest BCUT2D eigenvalue weighted by atomic mass is 9.90. The van der Waals surface area contributed by atoms with E-state index in [1.165, 1.54) is 0 Å². The fourth-order valence-electron chi connectivity index (χ4n) is 3.62. The van der Waals surface area contributed by atoms with Crippen LogP contribution in [0.1, 0.15) is 40.0 Å². The van der Waals surface area contributed by atoms with Crippen LogP contribution in [-0.4, -0.2) is 66.6 Å². The molecule has 1 heterocycles. The van der Waals surface area contributed by atoms with Crippen molar-refractivity contribution in [2.45, 2.75) is 57.7 Å². The number of hydrogen-bond donors (Lipinski definition) is 2. The summed E-state index contributed by atoms with van der Waals surface area (Å²) in [6.45, 7) is 10.3. The number of rotatable bonds is 7. The van der Waals surface area contributed by atoms with Crippen LogP contribution in [0.2, 0.25) is 0 Å². The third-order valence-corrected chi connectivity index (χ3v) is 5.31. The maximum absolute atomic E-state index is 12.2. The first-order chi connectivity index (χ1) is 9.90. The number of hydrogen-bond acceptors (Lipinski definition) is 4. The van der Waals surface area contributed by atoms with Crippen LogP contribution < -0.4 is 11.1 Å². The molecule has 0 spiro atoms. The maximum atomic E-state index is 12.2. The minimum atomic E-state index is -0.522. The van der Waals surface area contributed by atoms with Gasteiger partial charge in [-0.1, -0.05) is 6.92 Å². The van der Waals surface area contributed by atoms with E-state index in [0.717, 1.165) is 45.4 Å². The van der Waals surface area contributed by atoms with E-state index in [9.17, 15) is 4.79 Å². The number of primary amides is 1. The van der Waals surface area contributed by atoms with Gasteiger partial charge < -0.3 is 11.1 Å². The first-order valence-electron chi connectivity index (χ1n) is 8.40. The van der Waals surface area contributed by atoms with Gasteiger partial charge in [-0.05, 0) is 52.6 Å². The molecule has 5 heteroatoms. The molecule has 2 aliphatic rings. The van der Waals surface area contributed by atoms with Crippen molar-refractivity contribution >= 4 is 5.91 Å². The van der Waals surface area contributed by atoms with Crippen LogP contribution in [-0.2, 0) is 4.79 Å². The van der Waals surface area contributed by atoms with Crippen LogP contribution in [0.3, 0.4) is 0 Å². The number of piperazine rings is 1. The molecule has 2 fully saturated rings. The molecule has 0 aromatic carbocycles. The predicted molar refractivity (Wildman–Crippen MR) is 86.1 cm³/mol. The van der Waals surface area contributed by atoms with Gasteiger partial charge in [-0.25, -0.2) is 0 Å². The Morgan fingerprint density at radius 1 is 1.29 bits per heavy atom. The summed E-state index contributed by atoms with van der Waals surface area (Å²) in [5.41, 5.74) is 5.31. The third-order valence-electron chi connectivity index (χ3n) is 5.31. The van der Waals surface area contributed by atoms with Crippen LogP contribution in [0.5, 0.6) is 0 Å². The molecule has 3 N–H and O–H groups in total. The van der Waals surface area contributed by atoms with E-state index in [1.54, 1.807) is 0 Å². The van der Waals surface area contributed by atoms with Crippen LogP contribution >= 0.6 is 0 Å². The summed E-state index contributed by atoms with van der Waals surface area (Å²) >= 11 is 0. The second-order valence-corrected chi connectivity index (χ2v) is 7.09. The van der Waals surface area contributed by atoms with E-state index in [-0.39, 0.29) is 5.91 Å². The molecule has 2 rings (SSSR count). The molecule has 1 saturated carbocycles. The second-order valence-electron chi connectivity index (χ2n) is 7.09. The van der Waals surface area contributed by atoms with Gasteiger partial charge in [0.05, 0.1) is 0 Å². The van der Waals surface area contributed by atoms with E-state index in [0.29, 0.717) is 18.0 Å². The summed E-state index contributed by atoms with van der Waals surface area (Å²) in [5, 5.41) is 3.50. The van der Waals surface area contributed by atoms with E-state index in [4.69, 9.17) is 5.73 Å². The zero-order valence-electron chi connectivity index (χ0n) is 14.1. The van der Waals surface area contributed by atoms with Crippen molar-refractivity contribution in [2.24, 2.45) is 11.7 Å². The van der Waals surface area contributed by atoms with Gasteiger partial charge in [-0.2, -0.15) is 0 Å². The average Bonchev–Trinajstić information content (AvgIpc) is 3.25. The minimum Gasteiger partial charge on any atom is -0.368 e.